The lowest BCUT2D eigenvalue weighted by Gasteiger charge is -2.37. The summed E-state index contributed by atoms with van der Waals surface area (Å²) in [6.45, 7) is 2.96. The van der Waals surface area contributed by atoms with Gasteiger partial charge in [-0.2, -0.15) is 0 Å². The van der Waals surface area contributed by atoms with Gasteiger partial charge in [0, 0.05) is 31.1 Å². The summed E-state index contributed by atoms with van der Waals surface area (Å²) in [6, 6.07) is 7.64. The fraction of sp³-hybridized carbons (Fsp3) is 0.444. The highest BCUT2D eigenvalue weighted by Gasteiger charge is 2.41. The lowest BCUT2D eigenvalue weighted by atomic mass is 9.84. The number of para-hydroxylation sites is 1. The lowest BCUT2D eigenvalue weighted by Crippen LogP contribution is -2.42. The van der Waals surface area contributed by atoms with Crippen molar-refractivity contribution in [3.8, 4) is 5.75 Å². The zero-order valence-corrected chi connectivity index (χ0v) is 13.8. The van der Waals surface area contributed by atoms with Gasteiger partial charge in [-0.05, 0) is 48.6 Å². The van der Waals surface area contributed by atoms with E-state index in [1.54, 1.807) is 0 Å². The monoisotopic (exact) mass is 328 g/mol. The molecule has 1 spiro atoms. The van der Waals surface area contributed by atoms with Gasteiger partial charge in [0.05, 0.1) is 12.0 Å². The third-order valence-corrected chi connectivity index (χ3v) is 5.51. The number of benzene rings is 1. The van der Waals surface area contributed by atoms with Crippen LogP contribution in [-0.2, 0) is 6.54 Å². The summed E-state index contributed by atoms with van der Waals surface area (Å²) in [5.41, 5.74) is 1.70. The van der Waals surface area contributed by atoms with Crippen LogP contribution < -0.4 is 4.74 Å². The van der Waals surface area contributed by atoms with Crippen molar-refractivity contribution in [3.63, 3.8) is 0 Å². The van der Waals surface area contributed by atoms with Crippen molar-refractivity contribution in [2.75, 3.05) is 13.1 Å². The fourth-order valence-electron chi connectivity index (χ4n) is 3.67. The van der Waals surface area contributed by atoms with Crippen molar-refractivity contribution in [2.45, 2.75) is 37.8 Å². The van der Waals surface area contributed by atoms with Gasteiger partial charge in [-0.3, -0.25) is 9.69 Å². The molecule has 23 heavy (non-hydrogen) atoms. The number of carbonyl (C=O) groups excluding carboxylic acids is 1. The zero-order chi connectivity index (χ0) is 15.7. The summed E-state index contributed by atoms with van der Waals surface area (Å²) in [6.07, 6.45) is 5.38. The largest absolute Gasteiger partial charge is 0.486 e. The normalized spacial score (nSPS) is 25.0. The highest BCUT2D eigenvalue weighted by Crippen LogP contribution is 2.39. The third-order valence-electron chi connectivity index (χ3n) is 4.88. The first-order chi connectivity index (χ1) is 11.2. The fourth-order valence-corrected chi connectivity index (χ4v) is 4.19. The van der Waals surface area contributed by atoms with Crippen LogP contribution in [0, 0.1) is 0 Å². The van der Waals surface area contributed by atoms with Crippen molar-refractivity contribution in [2.24, 2.45) is 0 Å². The molecule has 1 saturated heterocycles. The molecule has 1 unspecified atom stereocenters. The molecule has 2 aromatic rings. The van der Waals surface area contributed by atoms with Crippen LogP contribution in [0.15, 0.2) is 35.8 Å². The molecule has 2 aliphatic heterocycles. The van der Waals surface area contributed by atoms with Crippen molar-refractivity contribution in [1.82, 2.24) is 9.27 Å². The van der Waals surface area contributed by atoms with Crippen molar-refractivity contribution < 1.29 is 9.53 Å². The van der Waals surface area contributed by atoms with E-state index in [2.05, 4.69) is 14.7 Å². The molecule has 1 atom stereocenters. The molecule has 120 valence electrons. The number of aromatic nitrogens is 1. The van der Waals surface area contributed by atoms with Crippen LogP contribution in [0.25, 0.3) is 0 Å². The van der Waals surface area contributed by atoms with Gasteiger partial charge in [-0.1, -0.05) is 12.1 Å². The van der Waals surface area contributed by atoms with Gasteiger partial charge in [0.1, 0.15) is 11.4 Å². The minimum Gasteiger partial charge on any atom is -0.486 e. The maximum Gasteiger partial charge on any atom is 0.170 e. The first-order valence-electron chi connectivity index (χ1n) is 8.16. The molecule has 5 heteroatoms. The van der Waals surface area contributed by atoms with Crippen molar-refractivity contribution >= 4 is 17.3 Å². The van der Waals surface area contributed by atoms with Crippen molar-refractivity contribution in [1.29, 1.82) is 0 Å². The minimum atomic E-state index is -0.312. The Morgan fingerprint density at radius 1 is 1.26 bits per heavy atom. The summed E-state index contributed by atoms with van der Waals surface area (Å²) in [7, 11) is 0. The van der Waals surface area contributed by atoms with Gasteiger partial charge in [-0.25, -0.2) is 4.37 Å². The summed E-state index contributed by atoms with van der Waals surface area (Å²) >= 11 is 1.50. The van der Waals surface area contributed by atoms with E-state index in [1.807, 2.05) is 30.5 Å². The average molecular weight is 328 g/mol. The summed E-state index contributed by atoms with van der Waals surface area (Å²) in [4.78, 5) is 15.0. The van der Waals surface area contributed by atoms with E-state index < -0.39 is 0 Å². The van der Waals surface area contributed by atoms with E-state index >= 15 is 0 Å². The predicted molar refractivity (Wildman–Crippen MR) is 90.0 cm³/mol. The van der Waals surface area contributed by atoms with E-state index in [1.165, 1.54) is 17.1 Å². The Kier molecular flexibility index (Phi) is 3.91. The number of fused-ring (bicyclic) bond motifs is 1. The Morgan fingerprint density at radius 3 is 3.04 bits per heavy atom. The first kappa shape index (κ1) is 14.8. The Balaban J connectivity index is 1.49. The van der Waals surface area contributed by atoms with Crippen LogP contribution >= 0.6 is 11.5 Å². The van der Waals surface area contributed by atoms with Gasteiger partial charge in [0.2, 0.25) is 0 Å². The molecule has 1 fully saturated rings. The van der Waals surface area contributed by atoms with Gasteiger partial charge in [-0.15, -0.1) is 0 Å². The summed E-state index contributed by atoms with van der Waals surface area (Å²) in [5, 5.41) is 2.11. The Bertz CT molecular complexity index is 701. The van der Waals surface area contributed by atoms with Crippen LogP contribution in [0.5, 0.6) is 5.75 Å². The van der Waals surface area contributed by atoms with Gasteiger partial charge in [0.15, 0.2) is 5.78 Å². The smallest absolute Gasteiger partial charge is 0.170 e. The summed E-state index contributed by atoms with van der Waals surface area (Å²) < 4.78 is 10.5. The molecular formula is C18H20N2O2S. The SMILES string of the molecule is O=C1CC2(CCCN(Cc3cnsc3)CC2)Oc2ccccc21. The third kappa shape index (κ3) is 3.03. The van der Waals surface area contributed by atoms with Crippen LogP contribution in [0.4, 0.5) is 0 Å². The number of hydrogen-bond acceptors (Lipinski definition) is 5. The average Bonchev–Trinajstić information content (AvgIpc) is 2.98. The van der Waals surface area contributed by atoms with Gasteiger partial charge >= 0.3 is 0 Å². The van der Waals surface area contributed by atoms with E-state index in [0.29, 0.717) is 6.42 Å². The van der Waals surface area contributed by atoms with E-state index in [4.69, 9.17) is 4.74 Å². The van der Waals surface area contributed by atoms with Crippen LogP contribution in [0.2, 0.25) is 0 Å². The van der Waals surface area contributed by atoms with Crippen LogP contribution in [0.1, 0.15) is 41.6 Å². The number of likely N-dealkylation sites (tertiary alicyclic amines) is 1. The predicted octanol–water partition coefficient (Wildman–Crippen LogP) is 3.53. The molecule has 0 N–H and O–H groups in total. The molecular weight excluding hydrogens is 308 g/mol. The molecule has 3 heterocycles. The topological polar surface area (TPSA) is 42.4 Å². The Morgan fingerprint density at radius 2 is 2.17 bits per heavy atom. The number of nitrogens with zero attached hydrogens (tertiary/aromatic N) is 2. The van der Waals surface area contributed by atoms with E-state index in [0.717, 1.165) is 50.2 Å². The minimum absolute atomic E-state index is 0.224. The molecule has 0 amide bonds. The molecule has 1 aromatic heterocycles. The zero-order valence-electron chi connectivity index (χ0n) is 13.0. The number of carbonyl (C=O) groups is 1. The van der Waals surface area contributed by atoms with E-state index in [9.17, 15) is 4.79 Å². The van der Waals surface area contributed by atoms with Crippen molar-refractivity contribution in [3.05, 3.63) is 47.0 Å². The molecule has 0 aliphatic carbocycles. The van der Waals surface area contributed by atoms with E-state index in [-0.39, 0.29) is 11.4 Å². The second-order valence-corrected chi connectivity index (χ2v) is 7.20. The standard InChI is InChI=1S/C18H20N2O2S/c21-16-10-18(22-17-5-2-1-4-15(16)17)6-3-8-20(9-7-18)12-14-11-19-23-13-14/h1-2,4-5,11,13H,3,6-10,12H2. The van der Waals surface area contributed by atoms with Gasteiger partial charge in [0.25, 0.3) is 0 Å². The number of Topliss-reactive ketones (excluding diaryl/α,β-unsaturated/α-hetero) is 1. The van der Waals surface area contributed by atoms with Crippen LogP contribution in [0.3, 0.4) is 0 Å². The molecule has 1 aromatic carbocycles. The molecule has 2 aliphatic rings. The number of rotatable bonds is 2. The Hall–Kier alpha value is -1.72. The quantitative estimate of drug-likeness (QED) is 0.846. The molecule has 0 bridgehead atoms. The molecule has 4 nitrogen and oxygen atoms in total. The maximum atomic E-state index is 12.5. The highest BCUT2D eigenvalue weighted by molar-refractivity contribution is 7.03. The molecule has 0 saturated carbocycles. The number of ether oxygens (including phenoxy) is 1. The van der Waals surface area contributed by atoms with Crippen LogP contribution in [-0.4, -0.2) is 33.7 Å². The summed E-state index contributed by atoms with van der Waals surface area (Å²) in [5.74, 6) is 0.988. The molecule has 0 radical (unpaired) electrons. The highest BCUT2D eigenvalue weighted by atomic mass is 32.1. The second kappa shape index (κ2) is 6.06. The first-order valence-corrected chi connectivity index (χ1v) is 9.00. The second-order valence-electron chi connectivity index (χ2n) is 6.54. The Labute approximate surface area is 140 Å². The van der Waals surface area contributed by atoms with Gasteiger partial charge < -0.3 is 4.74 Å². The number of hydrogen-bond donors (Lipinski definition) is 0. The lowest BCUT2D eigenvalue weighted by molar-refractivity contribution is 0.0299. The molecule has 4 rings (SSSR count). The number of ketones is 1. The maximum absolute atomic E-state index is 12.5.